The number of nitrogens with zero attached hydrogens (tertiary/aromatic N) is 1. The van der Waals surface area contributed by atoms with E-state index in [1.165, 1.54) is 0 Å². The van der Waals surface area contributed by atoms with Crippen LogP contribution in [0.15, 0.2) is 24.3 Å². The van der Waals surface area contributed by atoms with E-state index in [4.69, 9.17) is 4.74 Å². The van der Waals surface area contributed by atoms with Gasteiger partial charge in [-0.05, 0) is 56.9 Å². The Morgan fingerprint density at radius 3 is 2.52 bits per heavy atom. The molecule has 1 aliphatic heterocycles. The molecule has 0 aliphatic carbocycles. The van der Waals surface area contributed by atoms with Gasteiger partial charge >= 0.3 is 5.97 Å². The highest BCUT2D eigenvalue weighted by Gasteiger charge is 2.26. The zero-order chi connectivity index (χ0) is 18.2. The van der Waals surface area contributed by atoms with Crippen LogP contribution in [0.25, 0.3) is 0 Å². The molecular weight excluding hydrogens is 320 g/mol. The normalized spacial score (nSPS) is 17.0. The molecule has 1 aromatic rings. The largest absolute Gasteiger partial charge is 0.462 e. The molecule has 1 fully saturated rings. The minimum absolute atomic E-state index is 0.118. The van der Waals surface area contributed by atoms with Crippen LogP contribution < -0.4 is 5.32 Å². The van der Waals surface area contributed by atoms with Gasteiger partial charge in [-0.1, -0.05) is 6.92 Å². The van der Waals surface area contributed by atoms with Crippen molar-refractivity contribution in [1.82, 2.24) is 4.90 Å². The minimum Gasteiger partial charge on any atom is -0.462 e. The average molecular weight is 346 g/mol. The molecule has 0 spiro atoms. The number of benzene rings is 1. The van der Waals surface area contributed by atoms with Crippen molar-refractivity contribution in [2.45, 2.75) is 52.0 Å². The van der Waals surface area contributed by atoms with Crippen LogP contribution in [0.2, 0.25) is 0 Å². The van der Waals surface area contributed by atoms with Gasteiger partial charge in [0.1, 0.15) is 6.42 Å². The maximum atomic E-state index is 12.4. The first-order chi connectivity index (χ1) is 12.0. The molecule has 1 saturated heterocycles. The second kappa shape index (κ2) is 9.20. The van der Waals surface area contributed by atoms with E-state index in [2.05, 4.69) is 12.2 Å². The summed E-state index contributed by atoms with van der Waals surface area (Å²) in [4.78, 5) is 38.0. The molecule has 1 atom stereocenters. The van der Waals surface area contributed by atoms with Crippen molar-refractivity contribution in [2.75, 3.05) is 18.5 Å². The molecule has 6 heteroatoms. The van der Waals surface area contributed by atoms with Gasteiger partial charge in [0, 0.05) is 18.3 Å². The van der Waals surface area contributed by atoms with Crippen molar-refractivity contribution in [3.05, 3.63) is 29.8 Å². The number of rotatable bonds is 6. The van der Waals surface area contributed by atoms with Crippen LogP contribution in [0.1, 0.15) is 56.3 Å². The zero-order valence-electron chi connectivity index (χ0n) is 14.9. The van der Waals surface area contributed by atoms with E-state index in [0.29, 0.717) is 17.9 Å². The zero-order valence-corrected chi connectivity index (χ0v) is 14.9. The molecule has 0 bridgehead atoms. The average Bonchev–Trinajstić information content (AvgIpc) is 2.62. The van der Waals surface area contributed by atoms with E-state index in [0.717, 1.165) is 32.2 Å². The molecule has 6 nitrogen and oxygen atoms in total. The minimum atomic E-state index is -0.397. The quantitative estimate of drug-likeness (QED) is 0.635. The Balaban J connectivity index is 1.89. The van der Waals surface area contributed by atoms with Crippen LogP contribution in [-0.2, 0) is 14.3 Å². The Bertz CT molecular complexity index is 612. The van der Waals surface area contributed by atoms with Gasteiger partial charge in [0.15, 0.2) is 0 Å². The number of piperidine rings is 1. The molecule has 0 aromatic heterocycles. The fourth-order valence-electron chi connectivity index (χ4n) is 3.10. The number of anilines is 1. The second-order valence-corrected chi connectivity index (χ2v) is 6.17. The van der Waals surface area contributed by atoms with E-state index < -0.39 is 5.97 Å². The Morgan fingerprint density at radius 2 is 1.88 bits per heavy atom. The van der Waals surface area contributed by atoms with Gasteiger partial charge in [-0.25, -0.2) is 4.79 Å². The summed E-state index contributed by atoms with van der Waals surface area (Å²) in [6.07, 6.45) is 3.92. The molecule has 2 amide bonds. The van der Waals surface area contributed by atoms with Crippen LogP contribution in [0.4, 0.5) is 5.69 Å². The molecule has 1 heterocycles. The topological polar surface area (TPSA) is 75.7 Å². The standard InChI is InChI=1S/C19H26N2O4/c1-3-16-7-5-6-12-21(16)18(23)13-17(22)20-15-10-8-14(9-11-15)19(24)25-4-2/h8-11,16H,3-7,12-13H2,1-2H3,(H,20,22). The summed E-state index contributed by atoms with van der Waals surface area (Å²) in [5.41, 5.74) is 0.978. The summed E-state index contributed by atoms with van der Waals surface area (Å²) in [5.74, 6) is -0.854. The van der Waals surface area contributed by atoms with E-state index in [1.54, 1.807) is 31.2 Å². The number of nitrogens with one attached hydrogen (secondary N) is 1. The third-order valence-electron chi connectivity index (χ3n) is 4.41. The summed E-state index contributed by atoms with van der Waals surface area (Å²) in [6.45, 7) is 4.87. The summed E-state index contributed by atoms with van der Waals surface area (Å²) >= 11 is 0. The van der Waals surface area contributed by atoms with Crippen LogP contribution >= 0.6 is 0 Å². The number of hydrogen-bond donors (Lipinski definition) is 1. The smallest absolute Gasteiger partial charge is 0.338 e. The van der Waals surface area contributed by atoms with Gasteiger partial charge in [-0.15, -0.1) is 0 Å². The third kappa shape index (κ3) is 5.31. The summed E-state index contributed by atoms with van der Waals surface area (Å²) in [6, 6.07) is 6.69. The lowest BCUT2D eigenvalue weighted by atomic mass is 9.99. The van der Waals surface area contributed by atoms with Crippen molar-refractivity contribution in [3.8, 4) is 0 Å². The first-order valence-electron chi connectivity index (χ1n) is 8.91. The Labute approximate surface area is 148 Å². The van der Waals surface area contributed by atoms with E-state index in [1.807, 2.05) is 4.90 Å². The van der Waals surface area contributed by atoms with Crippen LogP contribution in [-0.4, -0.2) is 41.9 Å². The van der Waals surface area contributed by atoms with Crippen molar-refractivity contribution in [3.63, 3.8) is 0 Å². The van der Waals surface area contributed by atoms with E-state index in [9.17, 15) is 14.4 Å². The number of hydrogen-bond acceptors (Lipinski definition) is 4. The van der Waals surface area contributed by atoms with Gasteiger partial charge in [0.05, 0.1) is 12.2 Å². The first-order valence-corrected chi connectivity index (χ1v) is 8.91. The van der Waals surface area contributed by atoms with Crippen molar-refractivity contribution < 1.29 is 19.1 Å². The first kappa shape index (κ1) is 19.0. The number of ether oxygens (including phenoxy) is 1. The number of carbonyl (C=O) groups is 3. The van der Waals surface area contributed by atoms with Gasteiger partial charge in [0.25, 0.3) is 0 Å². The van der Waals surface area contributed by atoms with Crippen LogP contribution in [0.3, 0.4) is 0 Å². The molecule has 1 N–H and O–H groups in total. The molecule has 1 aliphatic rings. The lowest BCUT2D eigenvalue weighted by molar-refractivity contribution is -0.137. The highest BCUT2D eigenvalue weighted by Crippen LogP contribution is 2.20. The van der Waals surface area contributed by atoms with Crippen LogP contribution in [0, 0.1) is 0 Å². The lowest BCUT2D eigenvalue weighted by Gasteiger charge is -2.35. The molecule has 25 heavy (non-hydrogen) atoms. The molecular formula is C19H26N2O4. The highest BCUT2D eigenvalue weighted by atomic mass is 16.5. The molecule has 2 rings (SSSR count). The SMILES string of the molecule is CCOC(=O)c1ccc(NC(=O)CC(=O)N2CCCCC2CC)cc1. The molecule has 0 radical (unpaired) electrons. The predicted molar refractivity (Wildman–Crippen MR) is 95.3 cm³/mol. The number of esters is 1. The second-order valence-electron chi connectivity index (χ2n) is 6.17. The van der Waals surface area contributed by atoms with Gasteiger partial charge < -0.3 is 15.0 Å². The van der Waals surface area contributed by atoms with Crippen molar-refractivity contribution >= 4 is 23.5 Å². The maximum absolute atomic E-state index is 12.4. The fourth-order valence-corrected chi connectivity index (χ4v) is 3.10. The molecule has 1 unspecified atom stereocenters. The summed E-state index contributed by atoms with van der Waals surface area (Å²) in [5, 5.41) is 2.70. The fraction of sp³-hybridized carbons (Fsp3) is 0.526. The third-order valence-corrected chi connectivity index (χ3v) is 4.41. The molecule has 136 valence electrons. The van der Waals surface area contributed by atoms with Crippen molar-refractivity contribution in [2.24, 2.45) is 0 Å². The van der Waals surface area contributed by atoms with Gasteiger partial charge in [0.2, 0.25) is 11.8 Å². The van der Waals surface area contributed by atoms with Gasteiger partial charge in [-0.2, -0.15) is 0 Å². The number of likely N-dealkylation sites (tertiary alicyclic amines) is 1. The van der Waals surface area contributed by atoms with E-state index >= 15 is 0 Å². The maximum Gasteiger partial charge on any atom is 0.338 e. The van der Waals surface area contributed by atoms with Crippen LogP contribution in [0.5, 0.6) is 0 Å². The summed E-state index contributed by atoms with van der Waals surface area (Å²) in [7, 11) is 0. The highest BCUT2D eigenvalue weighted by molar-refractivity contribution is 6.03. The molecule has 0 saturated carbocycles. The lowest BCUT2D eigenvalue weighted by Crippen LogP contribution is -2.44. The monoisotopic (exact) mass is 346 g/mol. The van der Waals surface area contributed by atoms with E-state index in [-0.39, 0.29) is 24.3 Å². The number of amides is 2. The Hall–Kier alpha value is -2.37. The predicted octanol–water partition coefficient (Wildman–Crippen LogP) is 2.98. The summed E-state index contributed by atoms with van der Waals surface area (Å²) < 4.78 is 4.91. The Kier molecular flexibility index (Phi) is 6.98. The van der Waals surface area contributed by atoms with Crippen molar-refractivity contribution in [1.29, 1.82) is 0 Å². The Morgan fingerprint density at radius 1 is 1.16 bits per heavy atom. The molecule has 1 aromatic carbocycles. The number of carbonyl (C=O) groups excluding carboxylic acids is 3. The van der Waals surface area contributed by atoms with Gasteiger partial charge in [-0.3, -0.25) is 9.59 Å².